The van der Waals surface area contributed by atoms with Crippen molar-refractivity contribution < 1.29 is 19.4 Å². The predicted octanol–water partition coefficient (Wildman–Crippen LogP) is 1.99. The average molecular weight is 314 g/mol. The van der Waals surface area contributed by atoms with Gasteiger partial charge in [-0.2, -0.15) is 0 Å². The quantitative estimate of drug-likeness (QED) is 0.901. The second kappa shape index (κ2) is 6.34. The van der Waals surface area contributed by atoms with Gasteiger partial charge in [-0.05, 0) is 25.0 Å². The first-order valence-electron chi connectivity index (χ1n) is 7.56. The van der Waals surface area contributed by atoms with E-state index >= 15 is 0 Å². The van der Waals surface area contributed by atoms with Crippen LogP contribution in [-0.4, -0.2) is 40.7 Å². The summed E-state index contributed by atoms with van der Waals surface area (Å²) in [6.45, 7) is 0.886. The van der Waals surface area contributed by atoms with Crippen molar-refractivity contribution in [3.05, 3.63) is 42.1 Å². The molecule has 1 amide bonds. The third-order valence-corrected chi connectivity index (χ3v) is 4.15. The Morgan fingerprint density at radius 1 is 1.17 bits per heavy atom. The average Bonchev–Trinajstić information content (AvgIpc) is 2.54. The van der Waals surface area contributed by atoms with E-state index in [1.807, 2.05) is 30.3 Å². The summed E-state index contributed by atoms with van der Waals surface area (Å²) in [7, 11) is 0. The number of ether oxygens (including phenoxy) is 1. The minimum Gasteiger partial charge on any atom is -0.481 e. The van der Waals surface area contributed by atoms with E-state index in [0.29, 0.717) is 31.7 Å². The lowest BCUT2D eigenvalue weighted by molar-refractivity contribution is -0.139. The summed E-state index contributed by atoms with van der Waals surface area (Å²) in [6, 6.07) is 11.0. The number of carboxylic acids is 1. The minimum absolute atomic E-state index is 0.115. The van der Waals surface area contributed by atoms with Crippen LogP contribution in [0.25, 0.3) is 10.9 Å². The molecule has 1 fully saturated rings. The van der Waals surface area contributed by atoms with Crippen molar-refractivity contribution in [1.82, 2.24) is 10.3 Å². The molecule has 1 aliphatic heterocycles. The molecule has 6 nitrogen and oxygen atoms in total. The Labute approximate surface area is 133 Å². The number of para-hydroxylation sites is 1. The van der Waals surface area contributed by atoms with E-state index < -0.39 is 11.5 Å². The first-order chi connectivity index (χ1) is 11.1. The maximum absolute atomic E-state index is 12.5. The minimum atomic E-state index is -0.932. The fourth-order valence-electron chi connectivity index (χ4n) is 2.89. The highest BCUT2D eigenvalue weighted by atomic mass is 16.5. The summed E-state index contributed by atoms with van der Waals surface area (Å²) >= 11 is 0. The van der Waals surface area contributed by atoms with Gasteiger partial charge in [0.15, 0.2) is 0 Å². The number of amides is 1. The number of aromatic nitrogens is 1. The molecule has 0 radical (unpaired) electrons. The normalized spacial score (nSPS) is 16.9. The second-order valence-corrected chi connectivity index (χ2v) is 5.81. The van der Waals surface area contributed by atoms with Gasteiger partial charge in [0, 0.05) is 18.6 Å². The van der Waals surface area contributed by atoms with Crippen LogP contribution in [0, 0.1) is 0 Å². The van der Waals surface area contributed by atoms with Crippen LogP contribution in [0.4, 0.5) is 0 Å². The molecule has 1 saturated heterocycles. The number of fused-ring (bicyclic) bond motifs is 1. The topological polar surface area (TPSA) is 88.5 Å². The van der Waals surface area contributed by atoms with Gasteiger partial charge in [0.05, 0.1) is 17.5 Å². The van der Waals surface area contributed by atoms with Gasteiger partial charge in [-0.15, -0.1) is 0 Å². The van der Waals surface area contributed by atoms with Gasteiger partial charge in [-0.1, -0.05) is 24.3 Å². The largest absolute Gasteiger partial charge is 0.481 e. The summed E-state index contributed by atoms with van der Waals surface area (Å²) in [5.74, 6) is -1.28. The lowest BCUT2D eigenvalue weighted by atomic mass is 9.86. The molecule has 120 valence electrons. The Morgan fingerprint density at radius 2 is 1.91 bits per heavy atom. The molecule has 1 aliphatic rings. The van der Waals surface area contributed by atoms with Crippen LogP contribution in [0.2, 0.25) is 0 Å². The van der Waals surface area contributed by atoms with E-state index in [-0.39, 0.29) is 12.3 Å². The molecule has 0 unspecified atom stereocenters. The lowest BCUT2D eigenvalue weighted by Gasteiger charge is -2.36. The standard InChI is InChI=1S/C17H18N2O4/c20-15(21)11-17(7-9-23-10-8-17)19-16(22)14-6-5-12-3-1-2-4-13(12)18-14/h1-6H,7-11H2,(H,19,22)(H,20,21). The van der Waals surface area contributed by atoms with Gasteiger partial charge in [-0.25, -0.2) is 4.98 Å². The number of carboxylic acid groups (broad SMARTS) is 1. The van der Waals surface area contributed by atoms with Crippen molar-refractivity contribution in [2.24, 2.45) is 0 Å². The monoisotopic (exact) mass is 314 g/mol. The first kappa shape index (κ1) is 15.4. The molecule has 0 spiro atoms. The fraction of sp³-hybridized carbons (Fsp3) is 0.353. The van der Waals surface area contributed by atoms with Crippen LogP contribution in [-0.2, 0) is 9.53 Å². The molecule has 3 rings (SSSR count). The fourth-order valence-corrected chi connectivity index (χ4v) is 2.89. The number of nitrogens with one attached hydrogen (secondary N) is 1. The molecular formula is C17H18N2O4. The summed E-state index contributed by atoms with van der Waals surface area (Å²) in [6.07, 6.45) is 0.854. The maximum atomic E-state index is 12.5. The second-order valence-electron chi connectivity index (χ2n) is 5.81. The summed E-state index contributed by atoms with van der Waals surface area (Å²) in [5.41, 5.74) is 0.258. The smallest absolute Gasteiger partial charge is 0.305 e. The number of hydrogen-bond acceptors (Lipinski definition) is 4. The molecule has 2 N–H and O–H groups in total. The zero-order valence-electron chi connectivity index (χ0n) is 12.6. The van der Waals surface area contributed by atoms with Crippen molar-refractivity contribution in [3.8, 4) is 0 Å². The van der Waals surface area contributed by atoms with Crippen LogP contribution in [0.5, 0.6) is 0 Å². The molecule has 2 aromatic rings. The van der Waals surface area contributed by atoms with E-state index in [9.17, 15) is 9.59 Å². The number of carbonyl (C=O) groups is 2. The van der Waals surface area contributed by atoms with Crippen molar-refractivity contribution in [2.75, 3.05) is 13.2 Å². The maximum Gasteiger partial charge on any atom is 0.305 e. The van der Waals surface area contributed by atoms with E-state index in [2.05, 4.69) is 10.3 Å². The number of benzene rings is 1. The zero-order valence-corrected chi connectivity index (χ0v) is 12.6. The third-order valence-electron chi connectivity index (χ3n) is 4.15. The molecular weight excluding hydrogens is 296 g/mol. The Bertz CT molecular complexity index is 738. The molecule has 1 aromatic carbocycles. The number of hydrogen-bond donors (Lipinski definition) is 2. The van der Waals surface area contributed by atoms with E-state index in [1.54, 1.807) is 6.07 Å². The van der Waals surface area contributed by atoms with Crippen molar-refractivity contribution >= 4 is 22.8 Å². The molecule has 2 heterocycles. The van der Waals surface area contributed by atoms with Crippen LogP contribution in [0.1, 0.15) is 29.8 Å². The molecule has 23 heavy (non-hydrogen) atoms. The Morgan fingerprint density at radius 3 is 2.65 bits per heavy atom. The number of rotatable bonds is 4. The number of nitrogens with zero attached hydrogens (tertiary/aromatic N) is 1. The number of aliphatic carboxylic acids is 1. The third kappa shape index (κ3) is 3.48. The molecule has 0 saturated carbocycles. The van der Waals surface area contributed by atoms with Crippen LogP contribution in [0.15, 0.2) is 36.4 Å². The predicted molar refractivity (Wildman–Crippen MR) is 84.2 cm³/mol. The van der Waals surface area contributed by atoms with Gasteiger partial charge in [0.1, 0.15) is 5.69 Å². The highest BCUT2D eigenvalue weighted by Crippen LogP contribution is 2.25. The first-order valence-corrected chi connectivity index (χ1v) is 7.56. The molecule has 0 bridgehead atoms. The molecule has 0 aliphatic carbocycles. The van der Waals surface area contributed by atoms with Crippen molar-refractivity contribution in [2.45, 2.75) is 24.8 Å². The van der Waals surface area contributed by atoms with Gasteiger partial charge in [0.25, 0.3) is 5.91 Å². The lowest BCUT2D eigenvalue weighted by Crippen LogP contribution is -2.53. The van der Waals surface area contributed by atoms with E-state index in [1.165, 1.54) is 0 Å². The highest BCUT2D eigenvalue weighted by molar-refractivity contribution is 5.95. The van der Waals surface area contributed by atoms with Crippen molar-refractivity contribution in [3.63, 3.8) is 0 Å². The van der Waals surface area contributed by atoms with Gasteiger partial charge in [0.2, 0.25) is 0 Å². The van der Waals surface area contributed by atoms with Crippen LogP contribution in [0.3, 0.4) is 0 Å². The molecule has 6 heteroatoms. The highest BCUT2D eigenvalue weighted by Gasteiger charge is 2.36. The van der Waals surface area contributed by atoms with E-state index in [4.69, 9.17) is 9.84 Å². The SMILES string of the molecule is O=C(O)CC1(NC(=O)c2ccc3ccccc3n2)CCOCC1. The van der Waals surface area contributed by atoms with E-state index in [0.717, 1.165) is 10.9 Å². The Kier molecular flexibility index (Phi) is 4.25. The van der Waals surface area contributed by atoms with Crippen LogP contribution < -0.4 is 5.32 Å². The Balaban J connectivity index is 1.83. The molecule has 1 aromatic heterocycles. The molecule has 0 atom stereocenters. The summed E-state index contributed by atoms with van der Waals surface area (Å²) in [4.78, 5) is 28.1. The summed E-state index contributed by atoms with van der Waals surface area (Å²) in [5, 5.41) is 13.0. The van der Waals surface area contributed by atoms with Gasteiger partial charge >= 0.3 is 5.97 Å². The van der Waals surface area contributed by atoms with Gasteiger partial charge < -0.3 is 15.2 Å². The Hall–Kier alpha value is -2.47. The number of pyridine rings is 1. The zero-order chi connectivity index (χ0) is 16.3. The number of carbonyl (C=O) groups excluding carboxylic acids is 1. The van der Waals surface area contributed by atoms with Crippen LogP contribution >= 0.6 is 0 Å². The van der Waals surface area contributed by atoms with Crippen molar-refractivity contribution in [1.29, 1.82) is 0 Å². The van der Waals surface area contributed by atoms with Gasteiger partial charge in [-0.3, -0.25) is 9.59 Å². The summed E-state index contributed by atoms with van der Waals surface area (Å²) < 4.78 is 5.29.